The normalized spacial score (nSPS) is 15.2. The molecule has 138 valence electrons. The molecule has 1 fully saturated rings. The van der Waals surface area contributed by atoms with Crippen molar-refractivity contribution >= 4 is 11.8 Å². The summed E-state index contributed by atoms with van der Waals surface area (Å²) in [6, 6.07) is 5.92. The van der Waals surface area contributed by atoms with Gasteiger partial charge in [-0.15, -0.1) is 0 Å². The summed E-state index contributed by atoms with van der Waals surface area (Å²) in [4.78, 5) is 28.3. The predicted octanol–water partition coefficient (Wildman–Crippen LogP) is 2.79. The second-order valence-corrected chi connectivity index (χ2v) is 8.06. The van der Waals surface area contributed by atoms with Crippen molar-refractivity contribution < 1.29 is 14.3 Å². The molecule has 0 aliphatic carbocycles. The van der Waals surface area contributed by atoms with E-state index < -0.39 is 0 Å². The number of nitrogens with zero attached hydrogens (tertiary/aromatic N) is 2. The molecule has 1 heterocycles. The molecule has 2 rings (SSSR count). The second kappa shape index (κ2) is 7.89. The minimum atomic E-state index is -0.0251. The molecule has 0 spiro atoms. The molecule has 0 radical (unpaired) electrons. The van der Waals surface area contributed by atoms with Crippen LogP contribution in [0.1, 0.15) is 38.3 Å². The highest BCUT2D eigenvalue weighted by Gasteiger charge is 2.26. The number of aryl methyl sites for hydroxylation is 2. The van der Waals surface area contributed by atoms with Crippen LogP contribution in [0.2, 0.25) is 0 Å². The lowest BCUT2D eigenvalue weighted by atomic mass is 9.91. The van der Waals surface area contributed by atoms with Gasteiger partial charge in [0, 0.05) is 32.6 Å². The quantitative estimate of drug-likeness (QED) is 0.842. The van der Waals surface area contributed by atoms with Gasteiger partial charge in [-0.1, -0.05) is 38.5 Å². The fourth-order valence-electron chi connectivity index (χ4n) is 2.96. The lowest BCUT2D eigenvalue weighted by Crippen LogP contribution is -2.52. The molecule has 2 amide bonds. The molecule has 1 aliphatic rings. The maximum atomic E-state index is 12.4. The highest BCUT2D eigenvalue weighted by Crippen LogP contribution is 2.21. The van der Waals surface area contributed by atoms with Gasteiger partial charge in [0.1, 0.15) is 5.75 Å². The third-order valence-electron chi connectivity index (χ3n) is 4.35. The van der Waals surface area contributed by atoms with Crippen molar-refractivity contribution in [3.05, 3.63) is 29.3 Å². The smallest absolute Gasteiger partial charge is 0.260 e. The molecule has 1 aromatic carbocycles. The van der Waals surface area contributed by atoms with Crippen molar-refractivity contribution in [2.45, 2.75) is 41.0 Å². The van der Waals surface area contributed by atoms with Gasteiger partial charge in [-0.05, 0) is 30.9 Å². The molecule has 0 N–H and O–H groups in total. The topological polar surface area (TPSA) is 49.9 Å². The summed E-state index contributed by atoms with van der Waals surface area (Å²) >= 11 is 0. The number of ether oxygens (including phenoxy) is 1. The van der Waals surface area contributed by atoms with Gasteiger partial charge in [0.05, 0.1) is 0 Å². The van der Waals surface area contributed by atoms with Crippen LogP contribution in [-0.2, 0) is 9.59 Å². The van der Waals surface area contributed by atoms with Crippen LogP contribution in [0.3, 0.4) is 0 Å². The van der Waals surface area contributed by atoms with Crippen LogP contribution in [0.5, 0.6) is 5.75 Å². The summed E-state index contributed by atoms with van der Waals surface area (Å²) in [5, 5.41) is 0. The fraction of sp³-hybridized carbons (Fsp3) is 0.600. The zero-order valence-electron chi connectivity index (χ0n) is 16.1. The molecule has 1 saturated heterocycles. The summed E-state index contributed by atoms with van der Waals surface area (Å²) < 4.78 is 5.68. The molecule has 0 atom stereocenters. The van der Waals surface area contributed by atoms with E-state index in [1.54, 1.807) is 4.90 Å². The summed E-state index contributed by atoms with van der Waals surface area (Å²) in [7, 11) is 0. The Kier molecular flexibility index (Phi) is 6.09. The average molecular weight is 346 g/mol. The van der Waals surface area contributed by atoms with E-state index in [9.17, 15) is 9.59 Å². The van der Waals surface area contributed by atoms with Crippen LogP contribution in [0.25, 0.3) is 0 Å². The Morgan fingerprint density at radius 1 is 1.00 bits per heavy atom. The van der Waals surface area contributed by atoms with E-state index in [2.05, 4.69) is 20.8 Å². The molecule has 0 saturated carbocycles. The molecule has 5 nitrogen and oxygen atoms in total. The molecule has 0 bridgehead atoms. The van der Waals surface area contributed by atoms with Gasteiger partial charge >= 0.3 is 0 Å². The number of benzene rings is 1. The molecule has 25 heavy (non-hydrogen) atoms. The standard InChI is InChI=1S/C20H30N2O3/c1-15-6-7-17(16(2)12-15)25-14-19(24)22-10-8-21(9-11-22)18(23)13-20(3,4)5/h6-7,12H,8-11,13-14H2,1-5H3. The van der Waals surface area contributed by atoms with Crippen molar-refractivity contribution in [3.8, 4) is 5.75 Å². The molecule has 1 aromatic rings. The second-order valence-electron chi connectivity index (χ2n) is 8.06. The van der Waals surface area contributed by atoms with Crippen LogP contribution in [0, 0.1) is 19.3 Å². The van der Waals surface area contributed by atoms with E-state index >= 15 is 0 Å². The van der Waals surface area contributed by atoms with Crippen LogP contribution in [0.15, 0.2) is 18.2 Å². The first kappa shape index (κ1) is 19.3. The SMILES string of the molecule is Cc1ccc(OCC(=O)N2CCN(C(=O)CC(C)(C)C)CC2)c(C)c1. The average Bonchev–Trinajstić information content (AvgIpc) is 2.52. The Hall–Kier alpha value is -2.04. The van der Waals surface area contributed by atoms with E-state index in [0.29, 0.717) is 32.6 Å². The summed E-state index contributed by atoms with van der Waals surface area (Å²) in [5.41, 5.74) is 2.20. The maximum absolute atomic E-state index is 12.4. The predicted molar refractivity (Wildman–Crippen MR) is 98.6 cm³/mol. The van der Waals surface area contributed by atoms with E-state index in [1.807, 2.05) is 36.9 Å². The minimum absolute atomic E-state index is 0.0101. The van der Waals surface area contributed by atoms with E-state index in [4.69, 9.17) is 4.74 Å². The largest absolute Gasteiger partial charge is 0.484 e. The Bertz CT molecular complexity index is 626. The summed E-state index contributed by atoms with van der Waals surface area (Å²) in [6.07, 6.45) is 0.538. The zero-order chi connectivity index (χ0) is 18.6. The van der Waals surface area contributed by atoms with Crippen molar-refractivity contribution in [2.24, 2.45) is 5.41 Å². The molecule has 1 aliphatic heterocycles. The van der Waals surface area contributed by atoms with Gasteiger partial charge in [-0.25, -0.2) is 0 Å². The van der Waals surface area contributed by atoms with Crippen molar-refractivity contribution in [1.82, 2.24) is 9.80 Å². The van der Waals surface area contributed by atoms with Crippen molar-refractivity contribution in [3.63, 3.8) is 0 Å². The number of hydrogen-bond donors (Lipinski definition) is 0. The van der Waals surface area contributed by atoms with Crippen molar-refractivity contribution in [2.75, 3.05) is 32.8 Å². The molecular formula is C20H30N2O3. The van der Waals surface area contributed by atoms with Crippen LogP contribution < -0.4 is 4.74 Å². The Morgan fingerprint density at radius 3 is 2.08 bits per heavy atom. The first-order valence-electron chi connectivity index (χ1n) is 8.91. The lowest BCUT2D eigenvalue weighted by molar-refractivity contribution is -0.141. The molecule has 0 aromatic heterocycles. The van der Waals surface area contributed by atoms with Crippen molar-refractivity contribution in [1.29, 1.82) is 0 Å². The van der Waals surface area contributed by atoms with E-state index in [-0.39, 0.29) is 23.8 Å². The number of carbonyl (C=O) groups is 2. The summed E-state index contributed by atoms with van der Waals surface area (Å²) in [6.45, 7) is 12.6. The van der Waals surface area contributed by atoms with Crippen LogP contribution >= 0.6 is 0 Å². The third kappa shape index (κ3) is 5.76. The highest BCUT2D eigenvalue weighted by atomic mass is 16.5. The van der Waals surface area contributed by atoms with Gasteiger partial charge in [0.2, 0.25) is 5.91 Å². The lowest BCUT2D eigenvalue weighted by Gasteiger charge is -2.36. The number of rotatable bonds is 4. The number of hydrogen-bond acceptors (Lipinski definition) is 3. The monoisotopic (exact) mass is 346 g/mol. The van der Waals surface area contributed by atoms with E-state index in [1.165, 1.54) is 5.56 Å². The Labute approximate surface area is 150 Å². The Balaban J connectivity index is 1.80. The van der Waals surface area contributed by atoms with Gasteiger partial charge in [-0.2, -0.15) is 0 Å². The van der Waals surface area contributed by atoms with Gasteiger partial charge in [-0.3, -0.25) is 9.59 Å². The van der Waals surface area contributed by atoms with E-state index in [0.717, 1.165) is 11.3 Å². The van der Waals surface area contributed by atoms with Crippen LogP contribution in [-0.4, -0.2) is 54.4 Å². The third-order valence-corrected chi connectivity index (χ3v) is 4.35. The zero-order valence-corrected chi connectivity index (χ0v) is 16.1. The molecular weight excluding hydrogens is 316 g/mol. The fourth-order valence-corrected chi connectivity index (χ4v) is 2.96. The first-order valence-corrected chi connectivity index (χ1v) is 8.91. The minimum Gasteiger partial charge on any atom is -0.484 e. The molecule has 0 unspecified atom stereocenters. The highest BCUT2D eigenvalue weighted by molar-refractivity contribution is 5.79. The Morgan fingerprint density at radius 2 is 1.56 bits per heavy atom. The van der Waals surface area contributed by atoms with Gasteiger partial charge in [0.15, 0.2) is 6.61 Å². The summed E-state index contributed by atoms with van der Waals surface area (Å²) in [5.74, 6) is 0.895. The molecule has 5 heteroatoms. The number of amides is 2. The van der Waals surface area contributed by atoms with Crippen LogP contribution in [0.4, 0.5) is 0 Å². The first-order chi connectivity index (χ1) is 11.7. The number of carbonyl (C=O) groups excluding carboxylic acids is 2. The maximum Gasteiger partial charge on any atom is 0.260 e. The number of piperazine rings is 1. The van der Waals surface area contributed by atoms with Gasteiger partial charge < -0.3 is 14.5 Å². The van der Waals surface area contributed by atoms with Gasteiger partial charge in [0.25, 0.3) is 5.91 Å².